The summed E-state index contributed by atoms with van der Waals surface area (Å²) < 4.78 is 18.7. The monoisotopic (exact) mass is 283 g/mol. The molecular weight excluding hydrogens is 269 g/mol. The first-order valence-electron chi connectivity index (χ1n) is 6.03. The summed E-state index contributed by atoms with van der Waals surface area (Å²) >= 11 is 5.80. The van der Waals surface area contributed by atoms with E-state index in [-0.39, 0.29) is 11.5 Å². The minimum Gasteiger partial charge on any atom is -0.380 e. The summed E-state index contributed by atoms with van der Waals surface area (Å²) in [4.78, 5) is 13.8. The molecule has 1 amide bonds. The summed E-state index contributed by atoms with van der Waals surface area (Å²) in [6, 6.07) is 4.01. The van der Waals surface area contributed by atoms with Gasteiger partial charge in [0.25, 0.3) is 5.91 Å². The van der Waals surface area contributed by atoms with Gasteiger partial charge in [0.05, 0.1) is 12.2 Å². The van der Waals surface area contributed by atoms with E-state index in [1.807, 2.05) is 6.08 Å². The Morgan fingerprint density at radius 2 is 2.32 bits per heavy atom. The number of benzene rings is 1. The first-order chi connectivity index (χ1) is 9.11. The number of halogens is 2. The third-order valence-electron chi connectivity index (χ3n) is 3.08. The van der Waals surface area contributed by atoms with Crippen LogP contribution in [0, 0.1) is 5.82 Å². The van der Waals surface area contributed by atoms with Crippen molar-refractivity contribution in [2.75, 3.05) is 26.8 Å². The van der Waals surface area contributed by atoms with Gasteiger partial charge < -0.3 is 9.64 Å². The van der Waals surface area contributed by atoms with Crippen LogP contribution in [0.4, 0.5) is 4.39 Å². The van der Waals surface area contributed by atoms with Crippen molar-refractivity contribution in [2.45, 2.75) is 6.42 Å². The molecular formula is C14H15ClFNO2. The average molecular weight is 284 g/mol. The van der Waals surface area contributed by atoms with E-state index in [0.29, 0.717) is 24.7 Å². The lowest BCUT2D eigenvalue weighted by Crippen LogP contribution is -2.35. The Bertz CT molecular complexity index is 516. The van der Waals surface area contributed by atoms with E-state index in [9.17, 15) is 9.18 Å². The van der Waals surface area contributed by atoms with Gasteiger partial charge in [0.2, 0.25) is 0 Å². The second kappa shape index (κ2) is 6.17. The molecule has 0 fully saturated rings. The van der Waals surface area contributed by atoms with Gasteiger partial charge in [-0.15, -0.1) is 0 Å². The highest BCUT2D eigenvalue weighted by Crippen LogP contribution is 2.19. The number of nitrogens with zero attached hydrogens (tertiary/aromatic N) is 1. The van der Waals surface area contributed by atoms with Crippen molar-refractivity contribution in [1.82, 2.24) is 4.90 Å². The molecule has 0 radical (unpaired) electrons. The lowest BCUT2D eigenvalue weighted by atomic mass is 10.1. The highest BCUT2D eigenvalue weighted by molar-refractivity contribution is 6.31. The molecule has 1 aliphatic rings. The molecule has 2 rings (SSSR count). The molecule has 1 heterocycles. The highest BCUT2D eigenvalue weighted by atomic mass is 35.5. The molecule has 0 spiro atoms. The van der Waals surface area contributed by atoms with E-state index in [0.717, 1.165) is 12.0 Å². The molecule has 0 aromatic heterocycles. The van der Waals surface area contributed by atoms with Crippen molar-refractivity contribution in [3.63, 3.8) is 0 Å². The standard InChI is InChI=1S/C14H15ClFNO2/c1-19-9-10-4-6-17(7-5-10)14(18)12-8-11(15)2-3-13(12)16/h2-4,8H,5-7,9H2,1H3. The van der Waals surface area contributed by atoms with Crippen LogP contribution in [-0.2, 0) is 4.74 Å². The Kier molecular flexibility index (Phi) is 4.56. The van der Waals surface area contributed by atoms with Crippen molar-refractivity contribution >= 4 is 17.5 Å². The number of carbonyl (C=O) groups is 1. The van der Waals surface area contributed by atoms with Crippen molar-refractivity contribution in [3.8, 4) is 0 Å². The van der Waals surface area contributed by atoms with E-state index in [4.69, 9.17) is 16.3 Å². The largest absolute Gasteiger partial charge is 0.380 e. The van der Waals surface area contributed by atoms with Gasteiger partial charge in [-0.05, 0) is 30.2 Å². The summed E-state index contributed by atoms with van der Waals surface area (Å²) in [5, 5.41) is 0.359. The summed E-state index contributed by atoms with van der Waals surface area (Å²) in [6.07, 6.45) is 2.70. The van der Waals surface area contributed by atoms with E-state index in [1.165, 1.54) is 18.2 Å². The third kappa shape index (κ3) is 3.33. The number of rotatable bonds is 3. The van der Waals surface area contributed by atoms with E-state index in [2.05, 4.69) is 0 Å². The second-order valence-electron chi connectivity index (χ2n) is 4.42. The summed E-state index contributed by atoms with van der Waals surface area (Å²) in [5.74, 6) is -0.867. The van der Waals surface area contributed by atoms with Gasteiger partial charge in [0.1, 0.15) is 5.82 Å². The molecule has 5 heteroatoms. The summed E-state index contributed by atoms with van der Waals surface area (Å²) in [7, 11) is 1.64. The predicted octanol–water partition coefficient (Wildman–Crippen LogP) is 2.90. The van der Waals surface area contributed by atoms with Gasteiger partial charge in [0.15, 0.2) is 0 Å². The third-order valence-corrected chi connectivity index (χ3v) is 3.31. The van der Waals surface area contributed by atoms with E-state index < -0.39 is 5.82 Å². The zero-order valence-electron chi connectivity index (χ0n) is 10.7. The fourth-order valence-corrected chi connectivity index (χ4v) is 2.22. The number of hydrogen-bond donors (Lipinski definition) is 0. The molecule has 1 aromatic carbocycles. The fourth-order valence-electron chi connectivity index (χ4n) is 2.04. The molecule has 1 aromatic rings. The van der Waals surface area contributed by atoms with Crippen LogP contribution >= 0.6 is 11.6 Å². The average Bonchev–Trinajstić information content (AvgIpc) is 2.42. The van der Waals surface area contributed by atoms with E-state index >= 15 is 0 Å². The molecule has 0 atom stereocenters. The molecule has 0 saturated carbocycles. The molecule has 102 valence electrons. The molecule has 0 unspecified atom stereocenters. The number of carbonyl (C=O) groups excluding carboxylic acids is 1. The molecule has 0 aliphatic carbocycles. The summed E-state index contributed by atoms with van der Waals surface area (Å²) in [5.41, 5.74) is 1.19. The maximum absolute atomic E-state index is 13.6. The van der Waals surface area contributed by atoms with Crippen LogP contribution in [0.2, 0.25) is 5.02 Å². The SMILES string of the molecule is COCC1=CCN(C(=O)c2cc(Cl)ccc2F)CC1. The number of amides is 1. The van der Waals surface area contributed by atoms with Crippen molar-refractivity contribution in [3.05, 3.63) is 46.3 Å². The topological polar surface area (TPSA) is 29.5 Å². The van der Waals surface area contributed by atoms with Crippen LogP contribution in [0.25, 0.3) is 0 Å². The Balaban J connectivity index is 2.11. The maximum Gasteiger partial charge on any atom is 0.257 e. The fraction of sp³-hybridized carbons (Fsp3) is 0.357. The lowest BCUT2D eigenvalue weighted by molar-refractivity contribution is 0.0760. The molecule has 0 N–H and O–H groups in total. The van der Waals surface area contributed by atoms with Gasteiger partial charge in [0, 0.05) is 25.2 Å². The van der Waals surface area contributed by atoms with Crippen LogP contribution in [0.5, 0.6) is 0 Å². The molecule has 19 heavy (non-hydrogen) atoms. The quantitative estimate of drug-likeness (QED) is 0.798. The van der Waals surface area contributed by atoms with Crippen molar-refractivity contribution in [2.24, 2.45) is 0 Å². The Morgan fingerprint density at radius 1 is 1.53 bits per heavy atom. The van der Waals surface area contributed by atoms with Gasteiger partial charge in [-0.2, -0.15) is 0 Å². The maximum atomic E-state index is 13.6. The van der Waals surface area contributed by atoms with Crippen LogP contribution in [-0.4, -0.2) is 37.6 Å². The zero-order valence-corrected chi connectivity index (χ0v) is 11.4. The van der Waals surface area contributed by atoms with Crippen LogP contribution in [0.15, 0.2) is 29.8 Å². The van der Waals surface area contributed by atoms with Gasteiger partial charge in [-0.25, -0.2) is 4.39 Å². The Hall–Kier alpha value is -1.39. The Morgan fingerprint density at radius 3 is 2.95 bits per heavy atom. The Labute approximate surface area is 116 Å². The molecule has 0 bridgehead atoms. The number of hydrogen-bond acceptors (Lipinski definition) is 2. The first-order valence-corrected chi connectivity index (χ1v) is 6.41. The van der Waals surface area contributed by atoms with Crippen molar-refractivity contribution < 1.29 is 13.9 Å². The highest BCUT2D eigenvalue weighted by Gasteiger charge is 2.21. The first kappa shape index (κ1) is 14.0. The molecule has 0 saturated heterocycles. The van der Waals surface area contributed by atoms with Crippen molar-refractivity contribution in [1.29, 1.82) is 0 Å². The van der Waals surface area contributed by atoms with Gasteiger partial charge in [-0.1, -0.05) is 17.7 Å². The van der Waals surface area contributed by atoms with E-state index in [1.54, 1.807) is 12.0 Å². The van der Waals surface area contributed by atoms with Crippen LogP contribution < -0.4 is 0 Å². The lowest BCUT2D eigenvalue weighted by Gasteiger charge is -2.26. The normalized spacial score (nSPS) is 15.3. The van der Waals surface area contributed by atoms with Gasteiger partial charge >= 0.3 is 0 Å². The number of ether oxygens (including phenoxy) is 1. The minimum absolute atomic E-state index is 0.0242. The van der Waals surface area contributed by atoms with Crippen LogP contribution in [0.3, 0.4) is 0 Å². The number of methoxy groups -OCH3 is 1. The molecule has 3 nitrogen and oxygen atoms in total. The smallest absolute Gasteiger partial charge is 0.257 e. The van der Waals surface area contributed by atoms with Gasteiger partial charge in [-0.3, -0.25) is 4.79 Å². The van der Waals surface area contributed by atoms with Crippen LogP contribution in [0.1, 0.15) is 16.8 Å². The summed E-state index contributed by atoms with van der Waals surface area (Å²) in [6.45, 7) is 1.62. The predicted molar refractivity (Wildman–Crippen MR) is 71.9 cm³/mol. The minimum atomic E-state index is -0.541. The zero-order chi connectivity index (χ0) is 13.8. The second-order valence-corrected chi connectivity index (χ2v) is 4.86. The molecule has 1 aliphatic heterocycles.